The summed E-state index contributed by atoms with van der Waals surface area (Å²) in [6, 6.07) is 30.2. The number of aromatic nitrogens is 1. The minimum atomic E-state index is -0.263. The fraction of sp³-hybridized carbons (Fsp3) is 0.133. The highest BCUT2D eigenvalue weighted by atomic mass is 16.5. The lowest BCUT2D eigenvalue weighted by molar-refractivity contribution is 0.0955. The Morgan fingerprint density at radius 1 is 0.914 bits per heavy atom. The van der Waals surface area contributed by atoms with Crippen LogP contribution in [0.25, 0.3) is 21.7 Å². The molecule has 5 nitrogen and oxygen atoms in total. The second-order valence-corrected chi connectivity index (χ2v) is 8.40. The first-order chi connectivity index (χ1) is 17.2. The molecule has 5 rings (SSSR count). The number of fused-ring (bicyclic) bond motifs is 2. The summed E-state index contributed by atoms with van der Waals surface area (Å²) in [7, 11) is 0. The highest BCUT2D eigenvalue weighted by Gasteiger charge is 2.14. The number of hydrazone groups is 1. The summed E-state index contributed by atoms with van der Waals surface area (Å²) in [5.41, 5.74) is 7.67. The van der Waals surface area contributed by atoms with Gasteiger partial charge in [-0.05, 0) is 60.5 Å². The van der Waals surface area contributed by atoms with Crippen LogP contribution in [-0.2, 0) is 6.54 Å². The van der Waals surface area contributed by atoms with Crippen LogP contribution >= 0.6 is 0 Å². The number of nitrogens with zero attached hydrogens (tertiary/aromatic N) is 2. The molecule has 0 atom stereocenters. The highest BCUT2D eigenvalue weighted by Crippen LogP contribution is 2.27. The lowest BCUT2D eigenvalue weighted by Gasteiger charge is -2.11. The molecule has 5 aromatic rings. The Labute approximate surface area is 204 Å². The first kappa shape index (κ1) is 22.4. The molecule has 0 radical (unpaired) electrons. The van der Waals surface area contributed by atoms with Gasteiger partial charge in [-0.25, -0.2) is 5.43 Å². The van der Waals surface area contributed by atoms with E-state index in [-0.39, 0.29) is 5.91 Å². The van der Waals surface area contributed by atoms with Crippen LogP contribution in [0.2, 0.25) is 0 Å². The van der Waals surface area contributed by atoms with Crippen molar-refractivity contribution in [2.45, 2.75) is 20.4 Å². The minimum Gasteiger partial charge on any atom is -0.494 e. The van der Waals surface area contributed by atoms with E-state index in [1.807, 2.05) is 13.0 Å². The van der Waals surface area contributed by atoms with Crippen LogP contribution < -0.4 is 10.2 Å². The fourth-order valence-electron chi connectivity index (χ4n) is 4.51. The molecule has 1 N–H and O–H groups in total. The van der Waals surface area contributed by atoms with Gasteiger partial charge in [0.1, 0.15) is 5.75 Å². The van der Waals surface area contributed by atoms with Gasteiger partial charge >= 0.3 is 0 Å². The standard InChI is InChI=1S/C30H27N3O2/c1-3-35-25-17-15-23(16-18-25)30(34)32-31-19-28-21(2)33(29-14-7-6-13-27(28)29)20-24-11-8-10-22-9-4-5-12-26(22)24/h4-19H,3,20H2,1-2H3,(H,32,34)/b31-19+. The quantitative estimate of drug-likeness (QED) is 0.228. The molecule has 0 saturated heterocycles. The number of carbonyl (C=O) groups is 1. The van der Waals surface area contributed by atoms with Crippen molar-refractivity contribution in [1.29, 1.82) is 0 Å². The van der Waals surface area contributed by atoms with E-state index in [0.717, 1.165) is 34.5 Å². The number of hydrogen-bond acceptors (Lipinski definition) is 3. The third-order valence-electron chi connectivity index (χ3n) is 6.28. The summed E-state index contributed by atoms with van der Waals surface area (Å²) in [6.07, 6.45) is 1.74. The molecular weight excluding hydrogens is 434 g/mol. The van der Waals surface area contributed by atoms with Crippen LogP contribution in [0.3, 0.4) is 0 Å². The number of amides is 1. The minimum absolute atomic E-state index is 0.263. The number of rotatable bonds is 7. The van der Waals surface area contributed by atoms with Gasteiger partial charge in [-0.3, -0.25) is 4.79 Å². The average molecular weight is 462 g/mol. The number of benzene rings is 4. The van der Waals surface area contributed by atoms with Crippen molar-refractivity contribution in [3.8, 4) is 5.75 Å². The first-order valence-electron chi connectivity index (χ1n) is 11.8. The molecule has 1 heterocycles. The number of nitrogens with one attached hydrogen (secondary N) is 1. The van der Waals surface area contributed by atoms with E-state index in [4.69, 9.17) is 4.74 Å². The highest BCUT2D eigenvalue weighted by molar-refractivity contribution is 6.02. The van der Waals surface area contributed by atoms with Gasteiger partial charge in [0, 0.05) is 34.3 Å². The Morgan fingerprint density at radius 3 is 2.43 bits per heavy atom. The predicted octanol–water partition coefficient (Wildman–Crippen LogP) is 6.31. The Bertz CT molecular complexity index is 1530. The first-order valence-corrected chi connectivity index (χ1v) is 11.8. The van der Waals surface area contributed by atoms with Crippen LogP contribution in [0.15, 0.2) is 96.1 Å². The van der Waals surface area contributed by atoms with Crippen LogP contribution in [0, 0.1) is 6.92 Å². The molecule has 0 aliphatic rings. The Morgan fingerprint density at radius 2 is 1.63 bits per heavy atom. The van der Waals surface area contributed by atoms with Gasteiger partial charge in [0.15, 0.2) is 0 Å². The summed E-state index contributed by atoms with van der Waals surface area (Å²) in [5, 5.41) is 7.88. The van der Waals surface area contributed by atoms with Gasteiger partial charge in [-0.2, -0.15) is 5.10 Å². The summed E-state index contributed by atoms with van der Waals surface area (Å²) in [5.74, 6) is 0.476. The molecule has 0 bridgehead atoms. The number of para-hydroxylation sites is 1. The summed E-state index contributed by atoms with van der Waals surface area (Å²) < 4.78 is 7.75. The SMILES string of the molecule is CCOc1ccc(C(=O)N/N=C/c2c(C)n(Cc3cccc4ccccc34)c3ccccc23)cc1. The van der Waals surface area contributed by atoms with Crippen molar-refractivity contribution in [1.82, 2.24) is 9.99 Å². The third kappa shape index (κ3) is 4.53. The van der Waals surface area contributed by atoms with Gasteiger partial charge in [-0.1, -0.05) is 60.7 Å². The van der Waals surface area contributed by atoms with Gasteiger partial charge < -0.3 is 9.30 Å². The van der Waals surface area contributed by atoms with Crippen molar-refractivity contribution in [2.75, 3.05) is 6.61 Å². The molecule has 174 valence electrons. The molecule has 0 saturated carbocycles. The van der Waals surface area contributed by atoms with E-state index < -0.39 is 0 Å². The van der Waals surface area contributed by atoms with E-state index >= 15 is 0 Å². The normalized spacial score (nSPS) is 11.4. The molecule has 1 aromatic heterocycles. The maximum atomic E-state index is 12.6. The van der Waals surface area contributed by atoms with Gasteiger partial charge in [0.05, 0.1) is 12.8 Å². The van der Waals surface area contributed by atoms with Crippen molar-refractivity contribution in [3.05, 3.63) is 113 Å². The molecule has 5 heteroatoms. The van der Waals surface area contributed by atoms with Crippen molar-refractivity contribution >= 4 is 33.8 Å². The zero-order valence-electron chi connectivity index (χ0n) is 19.9. The third-order valence-corrected chi connectivity index (χ3v) is 6.28. The Kier molecular flexibility index (Phi) is 6.31. The molecule has 0 unspecified atom stereocenters. The van der Waals surface area contributed by atoms with E-state index in [1.165, 1.54) is 16.3 Å². The molecule has 4 aromatic carbocycles. The monoisotopic (exact) mass is 461 g/mol. The summed E-state index contributed by atoms with van der Waals surface area (Å²) in [6.45, 7) is 5.36. The van der Waals surface area contributed by atoms with E-state index in [9.17, 15) is 4.79 Å². The van der Waals surface area contributed by atoms with Crippen molar-refractivity contribution < 1.29 is 9.53 Å². The van der Waals surface area contributed by atoms with Gasteiger partial charge in [-0.15, -0.1) is 0 Å². The molecule has 35 heavy (non-hydrogen) atoms. The molecule has 0 fully saturated rings. The lowest BCUT2D eigenvalue weighted by atomic mass is 10.0. The summed E-state index contributed by atoms with van der Waals surface area (Å²) in [4.78, 5) is 12.6. The zero-order chi connectivity index (χ0) is 24.2. The molecule has 0 aliphatic carbocycles. The molecule has 1 amide bonds. The maximum absolute atomic E-state index is 12.6. The molecule has 0 spiro atoms. The topological polar surface area (TPSA) is 55.6 Å². The number of ether oxygens (including phenoxy) is 1. The molecular formula is C30H27N3O2. The summed E-state index contributed by atoms with van der Waals surface area (Å²) >= 11 is 0. The predicted molar refractivity (Wildman–Crippen MR) is 142 cm³/mol. The lowest BCUT2D eigenvalue weighted by Crippen LogP contribution is -2.17. The van der Waals surface area contributed by atoms with Crippen molar-refractivity contribution in [2.24, 2.45) is 5.10 Å². The van der Waals surface area contributed by atoms with Gasteiger partial charge in [0.2, 0.25) is 0 Å². The second kappa shape index (κ2) is 9.85. The smallest absolute Gasteiger partial charge is 0.271 e. The Hall–Kier alpha value is -4.38. The second-order valence-electron chi connectivity index (χ2n) is 8.40. The number of hydrogen-bond donors (Lipinski definition) is 1. The van der Waals surface area contributed by atoms with E-state index in [0.29, 0.717) is 12.2 Å². The zero-order valence-corrected chi connectivity index (χ0v) is 19.9. The van der Waals surface area contributed by atoms with Crippen LogP contribution in [0.5, 0.6) is 5.75 Å². The van der Waals surface area contributed by atoms with E-state index in [1.54, 1.807) is 30.5 Å². The van der Waals surface area contributed by atoms with Crippen LogP contribution in [0.1, 0.15) is 34.1 Å². The average Bonchev–Trinajstić information content (AvgIpc) is 3.15. The largest absolute Gasteiger partial charge is 0.494 e. The Balaban J connectivity index is 1.42. The van der Waals surface area contributed by atoms with Crippen LogP contribution in [-0.4, -0.2) is 23.3 Å². The molecule has 0 aliphatic heterocycles. The fourth-order valence-corrected chi connectivity index (χ4v) is 4.51. The van der Waals surface area contributed by atoms with Crippen molar-refractivity contribution in [3.63, 3.8) is 0 Å². The van der Waals surface area contributed by atoms with E-state index in [2.05, 4.69) is 82.7 Å². The van der Waals surface area contributed by atoms with Gasteiger partial charge in [0.25, 0.3) is 5.91 Å². The number of carbonyl (C=O) groups excluding carboxylic acids is 1. The maximum Gasteiger partial charge on any atom is 0.271 e. The van der Waals surface area contributed by atoms with Crippen LogP contribution in [0.4, 0.5) is 0 Å².